The van der Waals surface area contributed by atoms with Gasteiger partial charge in [-0.05, 0) is 25.5 Å². The summed E-state index contributed by atoms with van der Waals surface area (Å²) in [7, 11) is 0. The Balaban J connectivity index is 1.63. The molecule has 0 radical (unpaired) electrons. The van der Waals surface area contributed by atoms with Crippen molar-refractivity contribution in [3.63, 3.8) is 0 Å². The Hall–Kier alpha value is -1.39. The van der Waals surface area contributed by atoms with E-state index in [0.717, 1.165) is 56.9 Å². The predicted octanol–water partition coefficient (Wildman–Crippen LogP) is 1.54. The lowest BCUT2D eigenvalue weighted by molar-refractivity contribution is 0.0185. The number of carbonyl (C=O) groups is 1. The Morgan fingerprint density at radius 2 is 2.05 bits per heavy atom. The lowest BCUT2D eigenvalue weighted by Gasteiger charge is -2.32. The smallest absolute Gasteiger partial charge is 0.253 e. The van der Waals surface area contributed by atoms with E-state index < -0.39 is 0 Å². The molecule has 1 unspecified atom stereocenters. The molecule has 0 aliphatic carbocycles. The van der Waals surface area contributed by atoms with Crippen molar-refractivity contribution in [1.29, 1.82) is 0 Å². The van der Waals surface area contributed by atoms with E-state index >= 15 is 0 Å². The van der Waals surface area contributed by atoms with Gasteiger partial charge >= 0.3 is 0 Å². The first-order chi connectivity index (χ1) is 9.74. The van der Waals surface area contributed by atoms with Crippen LogP contribution in [-0.2, 0) is 4.74 Å². The topological polar surface area (TPSA) is 32.8 Å². The van der Waals surface area contributed by atoms with Gasteiger partial charge in [0.1, 0.15) is 0 Å². The summed E-state index contributed by atoms with van der Waals surface area (Å²) in [6.45, 7) is 7.39. The van der Waals surface area contributed by atoms with Gasteiger partial charge in [0.15, 0.2) is 0 Å². The number of aryl methyl sites for hydroxylation is 1. The van der Waals surface area contributed by atoms with Crippen molar-refractivity contribution in [2.45, 2.75) is 19.4 Å². The second-order valence-electron chi connectivity index (χ2n) is 5.71. The molecule has 1 amide bonds. The number of nitrogens with zero attached hydrogens (tertiary/aromatic N) is 2. The predicted molar refractivity (Wildman–Crippen MR) is 77.9 cm³/mol. The van der Waals surface area contributed by atoms with Crippen LogP contribution in [0.5, 0.6) is 0 Å². The summed E-state index contributed by atoms with van der Waals surface area (Å²) in [4.78, 5) is 17.0. The van der Waals surface area contributed by atoms with Crippen LogP contribution in [-0.4, -0.2) is 61.1 Å². The zero-order valence-corrected chi connectivity index (χ0v) is 12.0. The third-order valence-electron chi connectivity index (χ3n) is 4.28. The van der Waals surface area contributed by atoms with Crippen LogP contribution >= 0.6 is 0 Å². The number of hydrogen-bond acceptors (Lipinski definition) is 3. The Morgan fingerprint density at radius 3 is 2.80 bits per heavy atom. The lowest BCUT2D eigenvalue weighted by atomic mass is 10.1. The maximum atomic E-state index is 12.5. The molecule has 108 valence electrons. The normalized spacial score (nSPS) is 24.1. The summed E-state index contributed by atoms with van der Waals surface area (Å²) in [5.41, 5.74) is 1.95. The van der Waals surface area contributed by atoms with E-state index in [1.54, 1.807) is 0 Å². The van der Waals surface area contributed by atoms with Gasteiger partial charge in [0.25, 0.3) is 5.91 Å². The van der Waals surface area contributed by atoms with E-state index in [4.69, 9.17) is 4.74 Å². The van der Waals surface area contributed by atoms with Crippen molar-refractivity contribution >= 4 is 5.91 Å². The molecule has 0 spiro atoms. The molecule has 2 fully saturated rings. The highest BCUT2D eigenvalue weighted by molar-refractivity contribution is 5.94. The summed E-state index contributed by atoms with van der Waals surface area (Å²) < 4.78 is 5.39. The molecule has 1 aromatic carbocycles. The Labute approximate surface area is 120 Å². The van der Waals surface area contributed by atoms with Gasteiger partial charge in [0, 0.05) is 37.8 Å². The molecule has 4 nitrogen and oxygen atoms in total. The van der Waals surface area contributed by atoms with Crippen LogP contribution in [0.1, 0.15) is 22.3 Å². The minimum absolute atomic E-state index is 0.171. The van der Waals surface area contributed by atoms with Crippen molar-refractivity contribution < 1.29 is 9.53 Å². The summed E-state index contributed by atoms with van der Waals surface area (Å²) in [6.07, 6.45) is 1.08. The first-order valence-electron chi connectivity index (χ1n) is 7.42. The first-order valence-corrected chi connectivity index (χ1v) is 7.42. The second-order valence-corrected chi connectivity index (χ2v) is 5.71. The van der Waals surface area contributed by atoms with Crippen molar-refractivity contribution in [3.8, 4) is 0 Å². The molecule has 20 heavy (non-hydrogen) atoms. The van der Waals surface area contributed by atoms with Crippen molar-refractivity contribution in [2.24, 2.45) is 0 Å². The van der Waals surface area contributed by atoms with E-state index in [9.17, 15) is 4.79 Å². The van der Waals surface area contributed by atoms with Gasteiger partial charge in [-0.3, -0.25) is 9.69 Å². The fourth-order valence-electron chi connectivity index (χ4n) is 3.13. The quantitative estimate of drug-likeness (QED) is 0.820. The lowest BCUT2D eigenvalue weighted by Crippen LogP contribution is -2.45. The van der Waals surface area contributed by atoms with Gasteiger partial charge in [-0.15, -0.1) is 0 Å². The summed E-state index contributed by atoms with van der Waals surface area (Å²) >= 11 is 0. The van der Waals surface area contributed by atoms with E-state index in [1.807, 2.05) is 36.1 Å². The summed E-state index contributed by atoms with van der Waals surface area (Å²) in [6, 6.07) is 8.38. The zero-order chi connectivity index (χ0) is 13.9. The first kappa shape index (κ1) is 13.6. The maximum absolute atomic E-state index is 12.5. The number of rotatable bonds is 2. The number of hydrogen-bond donors (Lipinski definition) is 0. The molecule has 3 rings (SSSR count). The Kier molecular flexibility index (Phi) is 4.03. The van der Waals surface area contributed by atoms with Crippen molar-refractivity contribution in [2.75, 3.05) is 39.4 Å². The minimum atomic E-state index is 0.171. The number of likely N-dealkylation sites (tertiary alicyclic amines) is 1. The van der Waals surface area contributed by atoms with Crippen LogP contribution in [0.15, 0.2) is 24.3 Å². The van der Waals surface area contributed by atoms with Gasteiger partial charge in [-0.2, -0.15) is 0 Å². The zero-order valence-electron chi connectivity index (χ0n) is 12.0. The highest BCUT2D eigenvalue weighted by atomic mass is 16.5. The summed E-state index contributed by atoms with van der Waals surface area (Å²) in [5, 5.41) is 0. The van der Waals surface area contributed by atoms with E-state index in [-0.39, 0.29) is 5.91 Å². The van der Waals surface area contributed by atoms with Crippen LogP contribution in [0.3, 0.4) is 0 Å². The van der Waals surface area contributed by atoms with Gasteiger partial charge in [-0.25, -0.2) is 0 Å². The largest absolute Gasteiger partial charge is 0.379 e. The molecule has 2 heterocycles. The van der Waals surface area contributed by atoms with Gasteiger partial charge < -0.3 is 9.64 Å². The monoisotopic (exact) mass is 274 g/mol. The molecule has 0 saturated carbocycles. The molecular formula is C16H22N2O2. The highest BCUT2D eigenvalue weighted by Crippen LogP contribution is 2.19. The molecule has 2 saturated heterocycles. The number of carbonyl (C=O) groups excluding carboxylic acids is 1. The average Bonchev–Trinajstić information content (AvgIpc) is 2.97. The van der Waals surface area contributed by atoms with Crippen LogP contribution in [0, 0.1) is 6.92 Å². The van der Waals surface area contributed by atoms with Gasteiger partial charge in [-0.1, -0.05) is 17.7 Å². The standard InChI is InChI=1S/C16H22N2O2/c1-13-3-2-4-14(11-13)16(19)18-6-5-15(12-18)17-7-9-20-10-8-17/h2-4,11,15H,5-10,12H2,1H3. The number of ether oxygens (including phenoxy) is 1. The molecule has 4 heteroatoms. The van der Waals surface area contributed by atoms with Gasteiger partial charge in [0.05, 0.1) is 13.2 Å². The molecule has 2 aliphatic heterocycles. The Bertz CT molecular complexity index is 483. The maximum Gasteiger partial charge on any atom is 0.253 e. The van der Waals surface area contributed by atoms with E-state index in [2.05, 4.69) is 4.90 Å². The van der Waals surface area contributed by atoms with Gasteiger partial charge in [0.2, 0.25) is 0 Å². The van der Waals surface area contributed by atoms with Crippen LogP contribution in [0.2, 0.25) is 0 Å². The molecule has 0 bridgehead atoms. The SMILES string of the molecule is Cc1cccc(C(=O)N2CCC(N3CCOCC3)C2)c1. The molecule has 1 atom stereocenters. The molecular weight excluding hydrogens is 252 g/mol. The molecule has 0 aromatic heterocycles. The molecule has 2 aliphatic rings. The van der Waals surface area contributed by atoms with Crippen molar-refractivity contribution in [1.82, 2.24) is 9.80 Å². The van der Waals surface area contributed by atoms with Crippen LogP contribution in [0.4, 0.5) is 0 Å². The molecule has 0 N–H and O–H groups in total. The number of amides is 1. The second kappa shape index (κ2) is 5.94. The number of morpholine rings is 1. The fourth-order valence-corrected chi connectivity index (χ4v) is 3.13. The molecule has 1 aromatic rings. The summed E-state index contributed by atoms with van der Waals surface area (Å²) in [5.74, 6) is 0.171. The fraction of sp³-hybridized carbons (Fsp3) is 0.562. The van der Waals surface area contributed by atoms with Crippen LogP contribution < -0.4 is 0 Å². The minimum Gasteiger partial charge on any atom is -0.379 e. The Morgan fingerprint density at radius 1 is 1.25 bits per heavy atom. The van der Waals surface area contributed by atoms with E-state index in [1.165, 1.54) is 0 Å². The van der Waals surface area contributed by atoms with E-state index in [0.29, 0.717) is 6.04 Å². The number of benzene rings is 1. The third kappa shape index (κ3) is 2.86. The average molecular weight is 274 g/mol. The van der Waals surface area contributed by atoms with Crippen molar-refractivity contribution in [3.05, 3.63) is 35.4 Å². The van der Waals surface area contributed by atoms with Crippen LogP contribution in [0.25, 0.3) is 0 Å². The highest BCUT2D eigenvalue weighted by Gasteiger charge is 2.31. The third-order valence-corrected chi connectivity index (χ3v) is 4.28.